The molecule has 0 saturated carbocycles. The van der Waals surface area contributed by atoms with E-state index in [2.05, 4.69) is 9.97 Å². The first-order chi connectivity index (χ1) is 12.1. The van der Waals surface area contributed by atoms with Crippen LogP contribution in [0.5, 0.6) is 0 Å². The normalized spacial score (nSPS) is 23.2. The van der Waals surface area contributed by atoms with Gasteiger partial charge in [-0.25, -0.2) is 14.8 Å². The van der Waals surface area contributed by atoms with E-state index in [9.17, 15) is 9.59 Å². The van der Waals surface area contributed by atoms with Gasteiger partial charge in [-0.1, -0.05) is 6.07 Å². The van der Waals surface area contributed by atoms with Crippen LogP contribution in [0, 0.1) is 0 Å². The molecule has 0 aromatic carbocycles. The van der Waals surface area contributed by atoms with Crippen LogP contribution < -0.4 is 0 Å². The lowest BCUT2D eigenvalue weighted by atomic mass is 9.92. The molecule has 1 spiro atoms. The van der Waals surface area contributed by atoms with Gasteiger partial charge in [0.1, 0.15) is 5.60 Å². The van der Waals surface area contributed by atoms with Crippen molar-refractivity contribution in [1.82, 2.24) is 19.8 Å². The standard InChI is InChI=1S/C17H18N4O3S/c1-20-10-17(24-16(20)23)5-3-6-21(11-17)15(22)12-8-18-14(19-9-12)13-4-2-7-25-13/h2,4,7-9H,3,5-6,10-11H2,1H3/t17-/m0/s1. The molecule has 130 valence electrons. The van der Waals surface area contributed by atoms with E-state index in [1.807, 2.05) is 17.5 Å². The Labute approximate surface area is 149 Å². The summed E-state index contributed by atoms with van der Waals surface area (Å²) < 4.78 is 5.55. The Hall–Kier alpha value is -2.48. The monoisotopic (exact) mass is 358 g/mol. The summed E-state index contributed by atoms with van der Waals surface area (Å²) in [4.78, 5) is 37.4. The minimum atomic E-state index is -0.586. The molecule has 2 aromatic heterocycles. The molecule has 2 saturated heterocycles. The summed E-state index contributed by atoms with van der Waals surface area (Å²) in [5.74, 6) is 0.496. The lowest BCUT2D eigenvalue weighted by molar-refractivity contribution is -0.00524. The predicted octanol–water partition coefficient (Wildman–Crippen LogP) is 2.26. The number of nitrogens with zero attached hydrogens (tertiary/aromatic N) is 4. The van der Waals surface area contributed by atoms with Crippen molar-refractivity contribution in [2.24, 2.45) is 0 Å². The van der Waals surface area contributed by atoms with Crippen LogP contribution in [0.15, 0.2) is 29.9 Å². The van der Waals surface area contributed by atoms with Crippen molar-refractivity contribution in [2.75, 3.05) is 26.7 Å². The lowest BCUT2D eigenvalue weighted by Crippen LogP contribution is -2.52. The number of ether oxygens (including phenoxy) is 1. The Balaban J connectivity index is 1.50. The first-order valence-corrected chi connectivity index (χ1v) is 9.04. The van der Waals surface area contributed by atoms with Crippen LogP contribution in [0.3, 0.4) is 0 Å². The molecule has 2 amide bonds. The first kappa shape index (κ1) is 16.0. The third kappa shape index (κ3) is 2.97. The topological polar surface area (TPSA) is 75.6 Å². The maximum atomic E-state index is 12.8. The van der Waals surface area contributed by atoms with Gasteiger partial charge < -0.3 is 14.5 Å². The summed E-state index contributed by atoms with van der Waals surface area (Å²) in [6.45, 7) is 1.58. The smallest absolute Gasteiger partial charge is 0.410 e. The highest BCUT2D eigenvalue weighted by molar-refractivity contribution is 7.13. The summed E-state index contributed by atoms with van der Waals surface area (Å²) in [6, 6.07) is 3.89. The molecule has 2 fully saturated rings. The zero-order valence-electron chi connectivity index (χ0n) is 13.8. The maximum absolute atomic E-state index is 12.8. The zero-order chi connectivity index (χ0) is 17.4. The molecule has 0 N–H and O–H groups in total. The van der Waals surface area contributed by atoms with Crippen LogP contribution in [0.4, 0.5) is 4.79 Å². The molecule has 2 aromatic rings. The Morgan fingerprint density at radius 1 is 1.32 bits per heavy atom. The van der Waals surface area contributed by atoms with Gasteiger partial charge in [-0.15, -0.1) is 11.3 Å². The molecule has 25 heavy (non-hydrogen) atoms. The van der Waals surface area contributed by atoms with Gasteiger partial charge in [-0.2, -0.15) is 0 Å². The van der Waals surface area contributed by atoms with Gasteiger partial charge in [0.15, 0.2) is 5.82 Å². The third-order valence-electron chi connectivity index (χ3n) is 4.61. The second kappa shape index (κ2) is 6.11. The van der Waals surface area contributed by atoms with Crippen LogP contribution >= 0.6 is 11.3 Å². The van der Waals surface area contributed by atoms with E-state index in [0.29, 0.717) is 31.0 Å². The average Bonchev–Trinajstić information content (AvgIpc) is 3.24. The minimum Gasteiger partial charge on any atom is -0.439 e. The van der Waals surface area contributed by atoms with Crippen LogP contribution in [0.25, 0.3) is 10.7 Å². The fraction of sp³-hybridized carbons (Fsp3) is 0.412. The average molecular weight is 358 g/mol. The van der Waals surface area contributed by atoms with Crippen molar-refractivity contribution in [2.45, 2.75) is 18.4 Å². The predicted molar refractivity (Wildman–Crippen MR) is 92.3 cm³/mol. The number of likely N-dealkylation sites (N-methyl/N-ethyl adjacent to an activating group) is 1. The van der Waals surface area contributed by atoms with E-state index in [-0.39, 0.29) is 12.0 Å². The maximum Gasteiger partial charge on any atom is 0.410 e. The molecular weight excluding hydrogens is 340 g/mol. The van der Waals surface area contributed by atoms with Crippen LogP contribution in [0.2, 0.25) is 0 Å². The number of piperidine rings is 1. The third-order valence-corrected chi connectivity index (χ3v) is 5.47. The fourth-order valence-corrected chi connectivity index (χ4v) is 4.10. The number of likely N-dealkylation sites (tertiary alicyclic amines) is 1. The molecular formula is C17H18N4O3S. The van der Waals surface area contributed by atoms with Gasteiger partial charge in [-0.05, 0) is 24.3 Å². The Morgan fingerprint density at radius 2 is 2.12 bits per heavy atom. The molecule has 0 aliphatic carbocycles. The number of hydrogen-bond donors (Lipinski definition) is 0. The van der Waals surface area contributed by atoms with Gasteiger partial charge >= 0.3 is 6.09 Å². The fourth-order valence-electron chi connectivity index (χ4n) is 3.43. The number of thiophene rings is 1. The number of carbonyl (C=O) groups is 2. The summed E-state index contributed by atoms with van der Waals surface area (Å²) in [5.41, 5.74) is -0.132. The Morgan fingerprint density at radius 3 is 2.76 bits per heavy atom. The quantitative estimate of drug-likeness (QED) is 0.823. The molecule has 7 nitrogen and oxygen atoms in total. The first-order valence-electron chi connectivity index (χ1n) is 8.16. The Bertz CT molecular complexity index is 793. The molecule has 2 aliphatic heterocycles. The molecule has 0 radical (unpaired) electrons. The number of carbonyl (C=O) groups excluding carboxylic acids is 2. The highest BCUT2D eigenvalue weighted by atomic mass is 32.1. The summed E-state index contributed by atoms with van der Waals surface area (Å²) >= 11 is 1.56. The van der Waals surface area contributed by atoms with Crippen LogP contribution in [0.1, 0.15) is 23.2 Å². The molecule has 2 aliphatic rings. The highest BCUT2D eigenvalue weighted by Gasteiger charge is 2.47. The zero-order valence-corrected chi connectivity index (χ0v) is 14.7. The highest BCUT2D eigenvalue weighted by Crippen LogP contribution is 2.32. The van der Waals surface area contributed by atoms with Crippen molar-refractivity contribution >= 4 is 23.3 Å². The lowest BCUT2D eigenvalue weighted by Gasteiger charge is -2.38. The van der Waals surface area contributed by atoms with Crippen molar-refractivity contribution in [1.29, 1.82) is 0 Å². The Kier molecular flexibility index (Phi) is 3.91. The molecule has 0 bridgehead atoms. The van der Waals surface area contributed by atoms with Gasteiger partial charge in [0.05, 0.1) is 23.5 Å². The number of rotatable bonds is 2. The second-order valence-electron chi connectivity index (χ2n) is 6.51. The minimum absolute atomic E-state index is 0.123. The van der Waals surface area contributed by atoms with E-state index >= 15 is 0 Å². The van der Waals surface area contributed by atoms with E-state index in [4.69, 9.17) is 4.74 Å². The molecule has 8 heteroatoms. The summed E-state index contributed by atoms with van der Waals surface area (Å²) in [5, 5.41) is 1.96. The van der Waals surface area contributed by atoms with Gasteiger partial charge in [-0.3, -0.25) is 4.79 Å². The number of aromatic nitrogens is 2. The SMILES string of the molecule is CN1C[C@]2(CCCN(C(=O)c3cnc(-c4cccs4)nc3)C2)OC1=O. The van der Waals surface area contributed by atoms with Gasteiger partial charge in [0.2, 0.25) is 0 Å². The largest absolute Gasteiger partial charge is 0.439 e. The van der Waals surface area contributed by atoms with Gasteiger partial charge in [0.25, 0.3) is 5.91 Å². The van der Waals surface area contributed by atoms with Crippen LogP contribution in [-0.2, 0) is 4.74 Å². The number of amides is 2. The molecule has 4 heterocycles. The van der Waals surface area contributed by atoms with Crippen molar-refractivity contribution in [3.05, 3.63) is 35.5 Å². The van der Waals surface area contributed by atoms with E-state index in [0.717, 1.165) is 17.7 Å². The van der Waals surface area contributed by atoms with Crippen molar-refractivity contribution in [3.8, 4) is 10.7 Å². The van der Waals surface area contributed by atoms with Gasteiger partial charge in [0, 0.05) is 26.0 Å². The van der Waals surface area contributed by atoms with Crippen LogP contribution in [-0.4, -0.2) is 64.1 Å². The molecule has 1 atom stereocenters. The van der Waals surface area contributed by atoms with E-state index in [1.165, 1.54) is 0 Å². The van der Waals surface area contributed by atoms with E-state index < -0.39 is 5.60 Å². The summed E-state index contributed by atoms with van der Waals surface area (Å²) in [7, 11) is 1.72. The van der Waals surface area contributed by atoms with Crippen molar-refractivity contribution < 1.29 is 14.3 Å². The molecule has 4 rings (SSSR count). The second-order valence-corrected chi connectivity index (χ2v) is 7.46. The van der Waals surface area contributed by atoms with Crippen molar-refractivity contribution in [3.63, 3.8) is 0 Å². The molecule has 0 unspecified atom stereocenters. The van der Waals surface area contributed by atoms with E-state index in [1.54, 1.807) is 40.6 Å². The summed E-state index contributed by atoms with van der Waals surface area (Å²) in [6.07, 6.45) is 4.40. The number of hydrogen-bond acceptors (Lipinski definition) is 6.